The molecule has 0 aliphatic carbocycles. The highest BCUT2D eigenvalue weighted by Crippen LogP contribution is 2.09. The lowest BCUT2D eigenvalue weighted by Gasteiger charge is -2.07. The zero-order chi connectivity index (χ0) is 15.2. The molecule has 2 aromatic rings. The predicted molar refractivity (Wildman–Crippen MR) is 77.3 cm³/mol. The third kappa shape index (κ3) is 4.04. The van der Waals surface area contributed by atoms with Crippen molar-refractivity contribution in [3.05, 3.63) is 64.0 Å². The number of aliphatic carboxylic acids is 1. The summed E-state index contributed by atoms with van der Waals surface area (Å²) >= 11 is 0. The summed E-state index contributed by atoms with van der Waals surface area (Å²) in [5.74, 6) is -0.650. The average Bonchev–Trinajstić information content (AvgIpc) is 2.48. The molecule has 1 aromatic heterocycles. The molecule has 0 aliphatic rings. The molecule has 108 valence electrons. The van der Waals surface area contributed by atoms with Gasteiger partial charge in [0.2, 0.25) is 5.88 Å². The first-order chi connectivity index (χ1) is 10.1. The van der Waals surface area contributed by atoms with E-state index in [0.717, 1.165) is 17.2 Å². The van der Waals surface area contributed by atoms with Crippen LogP contribution in [0.3, 0.4) is 0 Å². The number of carboxylic acids is 1. The van der Waals surface area contributed by atoms with Gasteiger partial charge in [-0.1, -0.05) is 18.2 Å². The molecule has 1 heterocycles. The third-order valence-corrected chi connectivity index (χ3v) is 2.75. The lowest BCUT2D eigenvalue weighted by Crippen LogP contribution is -2.22. The molecule has 1 aromatic carbocycles. The zero-order valence-corrected chi connectivity index (χ0v) is 11.4. The van der Waals surface area contributed by atoms with Crippen LogP contribution in [0, 0.1) is 0 Å². The van der Waals surface area contributed by atoms with E-state index in [1.54, 1.807) is 18.2 Å². The molecule has 0 saturated carbocycles. The largest absolute Gasteiger partial charge is 0.480 e. The van der Waals surface area contributed by atoms with E-state index in [4.69, 9.17) is 9.84 Å². The van der Waals surface area contributed by atoms with Crippen molar-refractivity contribution in [3.63, 3.8) is 0 Å². The number of ether oxygens (including phenoxy) is 1. The number of carboxylic acid groups (broad SMARTS) is 1. The van der Waals surface area contributed by atoms with Crippen molar-refractivity contribution in [2.24, 2.45) is 0 Å². The van der Waals surface area contributed by atoms with Crippen LogP contribution < -0.4 is 10.3 Å². The number of hydrogen-bond acceptors (Lipinski definition) is 4. The third-order valence-electron chi connectivity index (χ3n) is 2.75. The number of carbonyl (C=O) groups is 1. The van der Waals surface area contributed by atoms with Crippen LogP contribution >= 0.6 is 0 Å². The van der Waals surface area contributed by atoms with Gasteiger partial charge in [0.1, 0.15) is 0 Å². The van der Waals surface area contributed by atoms with Crippen molar-refractivity contribution in [2.45, 2.75) is 6.54 Å². The van der Waals surface area contributed by atoms with Gasteiger partial charge in [-0.15, -0.1) is 5.10 Å². The van der Waals surface area contributed by atoms with Crippen LogP contribution in [0.5, 0.6) is 5.88 Å². The second-order valence-corrected chi connectivity index (χ2v) is 4.29. The Morgan fingerprint density at radius 1 is 1.38 bits per heavy atom. The molecule has 0 saturated heterocycles. The van der Waals surface area contributed by atoms with Crippen LogP contribution in [-0.2, 0) is 11.3 Å². The minimum Gasteiger partial charge on any atom is -0.480 e. The molecule has 2 rings (SSSR count). The molecule has 6 nitrogen and oxygen atoms in total. The normalized spacial score (nSPS) is 10.7. The summed E-state index contributed by atoms with van der Waals surface area (Å²) in [5, 5.41) is 12.7. The maximum atomic E-state index is 11.7. The lowest BCUT2D eigenvalue weighted by atomic mass is 10.1. The average molecular weight is 286 g/mol. The first-order valence-electron chi connectivity index (χ1n) is 6.20. The maximum Gasteiger partial charge on any atom is 0.328 e. The van der Waals surface area contributed by atoms with E-state index in [1.165, 1.54) is 30.0 Å². The molecule has 0 fully saturated rings. The molecule has 0 unspecified atom stereocenters. The van der Waals surface area contributed by atoms with Gasteiger partial charge in [0, 0.05) is 18.2 Å². The predicted octanol–water partition coefficient (Wildman–Crippen LogP) is 1.40. The van der Waals surface area contributed by atoms with Gasteiger partial charge in [-0.3, -0.25) is 4.79 Å². The fourth-order valence-electron chi connectivity index (χ4n) is 1.79. The van der Waals surface area contributed by atoms with Crippen molar-refractivity contribution in [3.8, 4) is 5.88 Å². The summed E-state index contributed by atoms with van der Waals surface area (Å²) in [7, 11) is 1.48. The number of nitrogens with zero attached hydrogens (tertiary/aromatic N) is 2. The molecular weight excluding hydrogens is 272 g/mol. The Balaban J connectivity index is 2.26. The van der Waals surface area contributed by atoms with Crippen LogP contribution in [0.4, 0.5) is 0 Å². The Kier molecular flexibility index (Phi) is 4.50. The molecule has 0 atom stereocenters. The van der Waals surface area contributed by atoms with Crippen molar-refractivity contribution in [1.29, 1.82) is 0 Å². The molecule has 0 radical (unpaired) electrons. The number of methoxy groups -OCH3 is 1. The van der Waals surface area contributed by atoms with E-state index in [1.807, 2.05) is 6.07 Å². The minimum atomic E-state index is -1.01. The number of rotatable bonds is 5. The highest BCUT2D eigenvalue weighted by atomic mass is 16.5. The second kappa shape index (κ2) is 6.51. The van der Waals surface area contributed by atoms with Crippen LogP contribution in [-0.4, -0.2) is 28.0 Å². The number of aromatic nitrogens is 2. The second-order valence-electron chi connectivity index (χ2n) is 4.29. The summed E-state index contributed by atoms with van der Waals surface area (Å²) in [6.45, 7) is 0.283. The van der Waals surface area contributed by atoms with Gasteiger partial charge >= 0.3 is 5.97 Å². The molecule has 0 bridgehead atoms. The standard InChI is InChI=1S/C15H14N2O4/c1-21-13-6-7-14(18)17(16-13)10-12-4-2-3-11(9-12)5-8-15(19)20/h2-9H,10H2,1H3,(H,19,20)/b8-5+. The van der Waals surface area contributed by atoms with Crippen LogP contribution in [0.25, 0.3) is 6.08 Å². The minimum absolute atomic E-state index is 0.234. The van der Waals surface area contributed by atoms with Crippen molar-refractivity contribution in [1.82, 2.24) is 9.78 Å². The molecule has 0 amide bonds. The first kappa shape index (κ1) is 14.5. The summed E-state index contributed by atoms with van der Waals surface area (Å²) in [5.41, 5.74) is 1.35. The Hall–Kier alpha value is -2.89. The lowest BCUT2D eigenvalue weighted by molar-refractivity contribution is -0.131. The highest BCUT2D eigenvalue weighted by Gasteiger charge is 2.02. The fourth-order valence-corrected chi connectivity index (χ4v) is 1.79. The molecule has 0 aliphatic heterocycles. The van der Waals surface area contributed by atoms with Gasteiger partial charge in [0.25, 0.3) is 5.56 Å². The summed E-state index contributed by atoms with van der Waals surface area (Å²) in [6, 6.07) is 10.1. The summed E-state index contributed by atoms with van der Waals surface area (Å²) in [6.07, 6.45) is 2.56. The smallest absolute Gasteiger partial charge is 0.328 e. The van der Waals surface area contributed by atoms with Gasteiger partial charge in [0.05, 0.1) is 13.7 Å². The molecule has 21 heavy (non-hydrogen) atoms. The summed E-state index contributed by atoms with van der Waals surface area (Å²) < 4.78 is 6.28. The topological polar surface area (TPSA) is 81.4 Å². The Labute approximate surface area is 120 Å². The van der Waals surface area contributed by atoms with E-state index in [9.17, 15) is 9.59 Å². The van der Waals surface area contributed by atoms with Crippen molar-refractivity contribution in [2.75, 3.05) is 7.11 Å². The van der Waals surface area contributed by atoms with E-state index < -0.39 is 5.97 Å². The van der Waals surface area contributed by atoms with Gasteiger partial charge in [0.15, 0.2) is 0 Å². The van der Waals surface area contributed by atoms with E-state index >= 15 is 0 Å². The SMILES string of the molecule is COc1ccc(=O)n(Cc2cccc(/C=C/C(=O)O)c2)n1. The number of hydrogen-bond donors (Lipinski definition) is 1. The van der Waals surface area contributed by atoms with E-state index in [-0.39, 0.29) is 12.1 Å². The first-order valence-corrected chi connectivity index (χ1v) is 6.20. The van der Waals surface area contributed by atoms with E-state index in [2.05, 4.69) is 5.10 Å². The van der Waals surface area contributed by atoms with Crippen LogP contribution in [0.1, 0.15) is 11.1 Å². The van der Waals surface area contributed by atoms with Gasteiger partial charge in [-0.2, -0.15) is 0 Å². The zero-order valence-electron chi connectivity index (χ0n) is 11.4. The van der Waals surface area contributed by atoms with E-state index in [0.29, 0.717) is 5.88 Å². The van der Waals surface area contributed by atoms with Crippen LogP contribution in [0.2, 0.25) is 0 Å². The highest BCUT2D eigenvalue weighted by molar-refractivity contribution is 5.85. The number of benzene rings is 1. The van der Waals surface area contributed by atoms with Crippen molar-refractivity contribution >= 4 is 12.0 Å². The molecular formula is C15H14N2O4. The Bertz CT molecular complexity index is 734. The quantitative estimate of drug-likeness (QED) is 0.840. The summed E-state index contributed by atoms with van der Waals surface area (Å²) in [4.78, 5) is 22.3. The van der Waals surface area contributed by atoms with Crippen LogP contribution in [0.15, 0.2) is 47.3 Å². The molecule has 6 heteroatoms. The van der Waals surface area contributed by atoms with Crippen molar-refractivity contribution < 1.29 is 14.6 Å². The Morgan fingerprint density at radius 3 is 2.90 bits per heavy atom. The monoisotopic (exact) mass is 286 g/mol. The van der Waals surface area contributed by atoms with Gasteiger partial charge in [-0.05, 0) is 23.3 Å². The van der Waals surface area contributed by atoms with Gasteiger partial charge < -0.3 is 9.84 Å². The molecule has 1 N–H and O–H groups in total. The maximum absolute atomic E-state index is 11.7. The van der Waals surface area contributed by atoms with Gasteiger partial charge in [-0.25, -0.2) is 9.48 Å². The molecule has 0 spiro atoms. The Morgan fingerprint density at radius 2 is 2.19 bits per heavy atom. The fraction of sp³-hybridized carbons (Fsp3) is 0.133.